The van der Waals surface area contributed by atoms with Crippen LogP contribution in [0.3, 0.4) is 0 Å². The molecule has 0 fully saturated rings. The van der Waals surface area contributed by atoms with E-state index in [1.54, 1.807) is 0 Å². The van der Waals surface area contributed by atoms with Crippen LogP contribution in [0.4, 0.5) is 0 Å². The lowest BCUT2D eigenvalue weighted by Crippen LogP contribution is -2.27. The quantitative estimate of drug-likeness (QED) is 0.0783. The number of ether oxygens (including phenoxy) is 8. The Morgan fingerprint density at radius 3 is 1.16 bits per heavy atom. The van der Waals surface area contributed by atoms with Crippen LogP contribution in [0.1, 0.15) is 84.5 Å². The second kappa shape index (κ2) is 26.4. The molecule has 0 radical (unpaired) electrons. The molecule has 0 saturated heterocycles. The smallest absolute Gasteiger partial charge is 0.347 e. The van der Waals surface area contributed by atoms with Gasteiger partial charge in [0, 0.05) is 39.9 Å². The summed E-state index contributed by atoms with van der Waals surface area (Å²) in [5.41, 5.74) is 0. The number of carbonyl (C=O) groups excluding carboxylic acids is 6. The Morgan fingerprint density at radius 2 is 0.791 bits per heavy atom. The predicted molar refractivity (Wildman–Crippen MR) is 149 cm³/mol. The van der Waals surface area contributed by atoms with Crippen LogP contribution in [0, 0.1) is 0 Å². The van der Waals surface area contributed by atoms with E-state index >= 15 is 0 Å². The van der Waals surface area contributed by atoms with Crippen molar-refractivity contribution in [2.24, 2.45) is 0 Å². The van der Waals surface area contributed by atoms with E-state index in [-0.39, 0.29) is 70.5 Å². The van der Waals surface area contributed by atoms with Crippen molar-refractivity contribution >= 4 is 35.8 Å². The SMILES string of the molecule is COCCOC(=O)CCCCCOC(=O)C(C)OC(=O)CCCC(=O)OC(C)C(=O)OCCCCCC(=O)OCCOC. The van der Waals surface area contributed by atoms with Crippen LogP contribution in [0.5, 0.6) is 0 Å². The Labute approximate surface area is 253 Å². The number of unbranched alkanes of at least 4 members (excludes halogenated alkanes) is 4. The number of hydrogen-bond acceptors (Lipinski definition) is 14. The van der Waals surface area contributed by atoms with Gasteiger partial charge in [0.15, 0.2) is 12.2 Å². The Morgan fingerprint density at radius 1 is 0.419 bits per heavy atom. The summed E-state index contributed by atoms with van der Waals surface area (Å²) < 4.78 is 39.7. The monoisotopic (exact) mass is 620 g/mol. The summed E-state index contributed by atoms with van der Waals surface area (Å²) in [6.45, 7) is 4.13. The molecule has 0 aliphatic heterocycles. The van der Waals surface area contributed by atoms with E-state index in [9.17, 15) is 28.8 Å². The van der Waals surface area contributed by atoms with Gasteiger partial charge in [0.1, 0.15) is 13.2 Å². The van der Waals surface area contributed by atoms with Crippen molar-refractivity contribution in [3.8, 4) is 0 Å². The molecule has 0 aliphatic rings. The van der Waals surface area contributed by atoms with Crippen LogP contribution in [-0.2, 0) is 66.7 Å². The first-order valence-corrected chi connectivity index (χ1v) is 14.6. The fourth-order valence-corrected chi connectivity index (χ4v) is 3.28. The summed E-state index contributed by atoms with van der Waals surface area (Å²) in [7, 11) is 3.03. The Hall–Kier alpha value is -3.26. The Bertz CT molecular complexity index is 762. The highest BCUT2D eigenvalue weighted by Gasteiger charge is 2.21. The Balaban J connectivity index is 3.89. The number of esters is 6. The van der Waals surface area contributed by atoms with Gasteiger partial charge in [-0.15, -0.1) is 0 Å². The first-order valence-electron chi connectivity index (χ1n) is 14.6. The van der Waals surface area contributed by atoms with Crippen LogP contribution in [-0.4, -0.2) is 102 Å². The van der Waals surface area contributed by atoms with Crippen molar-refractivity contribution in [2.75, 3.05) is 53.9 Å². The standard InChI is InChI=1S/C29H48O14/c1-22(28(34)40-16-9-5-7-12-24(30)38-20-18-36-3)42-26(32)14-11-15-27(33)43-23(2)29(35)41-17-10-6-8-13-25(31)39-21-19-37-4/h22-23H,5-21H2,1-4H3. The molecule has 0 aromatic rings. The van der Waals surface area contributed by atoms with Gasteiger partial charge < -0.3 is 37.9 Å². The van der Waals surface area contributed by atoms with Gasteiger partial charge in [-0.1, -0.05) is 0 Å². The molecule has 0 spiro atoms. The number of methoxy groups -OCH3 is 2. The fraction of sp³-hybridized carbons (Fsp3) is 0.793. The van der Waals surface area contributed by atoms with E-state index in [4.69, 9.17) is 37.9 Å². The lowest BCUT2D eigenvalue weighted by Gasteiger charge is -2.14. The molecule has 0 bridgehead atoms. The maximum absolute atomic E-state index is 12.0. The largest absolute Gasteiger partial charge is 0.463 e. The molecule has 0 rings (SSSR count). The van der Waals surface area contributed by atoms with Gasteiger partial charge in [0.25, 0.3) is 0 Å². The summed E-state index contributed by atoms with van der Waals surface area (Å²) in [5.74, 6) is -3.37. The van der Waals surface area contributed by atoms with Crippen molar-refractivity contribution in [3.05, 3.63) is 0 Å². The maximum atomic E-state index is 12.0. The van der Waals surface area contributed by atoms with Crippen molar-refractivity contribution < 1.29 is 66.7 Å². The highest BCUT2D eigenvalue weighted by Crippen LogP contribution is 2.08. The summed E-state index contributed by atoms with van der Waals surface area (Å²) in [6, 6.07) is 0. The van der Waals surface area contributed by atoms with Crippen molar-refractivity contribution in [2.45, 2.75) is 96.7 Å². The fourth-order valence-electron chi connectivity index (χ4n) is 3.28. The van der Waals surface area contributed by atoms with E-state index in [1.807, 2.05) is 0 Å². The van der Waals surface area contributed by atoms with Gasteiger partial charge in [-0.25, -0.2) is 9.59 Å². The summed E-state index contributed by atoms with van der Waals surface area (Å²) in [4.78, 5) is 70.9. The molecule has 2 unspecified atom stereocenters. The van der Waals surface area contributed by atoms with Gasteiger partial charge in [-0.05, 0) is 58.8 Å². The second-order valence-corrected chi connectivity index (χ2v) is 9.50. The minimum Gasteiger partial charge on any atom is -0.463 e. The Kier molecular flexibility index (Phi) is 24.4. The summed E-state index contributed by atoms with van der Waals surface area (Å²) in [5, 5.41) is 0. The molecule has 14 heteroatoms. The summed E-state index contributed by atoms with van der Waals surface area (Å²) in [6.07, 6.45) is 1.72. The van der Waals surface area contributed by atoms with Crippen molar-refractivity contribution in [1.29, 1.82) is 0 Å². The predicted octanol–water partition coefficient (Wildman–Crippen LogP) is 2.61. The molecular formula is C29H48O14. The van der Waals surface area contributed by atoms with Gasteiger partial charge in [0.2, 0.25) is 0 Å². The second-order valence-electron chi connectivity index (χ2n) is 9.50. The molecule has 0 amide bonds. The molecule has 43 heavy (non-hydrogen) atoms. The van der Waals surface area contributed by atoms with E-state index < -0.39 is 36.1 Å². The third kappa shape index (κ3) is 23.9. The first-order chi connectivity index (χ1) is 20.6. The lowest BCUT2D eigenvalue weighted by molar-refractivity contribution is -0.168. The zero-order valence-electron chi connectivity index (χ0n) is 25.9. The molecule has 2 atom stereocenters. The average molecular weight is 621 g/mol. The zero-order valence-corrected chi connectivity index (χ0v) is 25.9. The van der Waals surface area contributed by atoms with Crippen molar-refractivity contribution in [1.82, 2.24) is 0 Å². The van der Waals surface area contributed by atoms with Gasteiger partial charge in [-0.2, -0.15) is 0 Å². The van der Waals surface area contributed by atoms with Crippen LogP contribution in [0.25, 0.3) is 0 Å². The molecule has 248 valence electrons. The third-order valence-corrected chi connectivity index (χ3v) is 5.68. The number of rotatable bonds is 26. The third-order valence-electron chi connectivity index (χ3n) is 5.68. The van der Waals surface area contributed by atoms with Crippen LogP contribution < -0.4 is 0 Å². The molecule has 0 N–H and O–H groups in total. The molecule has 0 saturated carbocycles. The first kappa shape index (κ1) is 39.7. The van der Waals surface area contributed by atoms with E-state index in [0.717, 1.165) is 0 Å². The van der Waals surface area contributed by atoms with E-state index in [2.05, 4.69) is 0 Å². The topological polar surface area (TPSA) is 176 Å². The van der Waals surface area contributed by atoms with Gasteiger partial charge in [-0.3, -0.25) is 19.2 Å². The average Bonchev–Trinajstić information content (AvgIpc) is 2.96. The van der Waals surface area contributed by atoms with E-state index in [1.165, 1.54) is 28.1 Å². The van der Waals surface area contributed by atoms with Gasteiger partial charge >= 0.3 is 35.8 Å². The zero-order chi connectivity index (χ0) is 32.3. The molecule has 0 aromatic heterocycles. The van der Waals surface area contributed by atoms with Crippen LogP contribution >= 0.6 is 0 Å². The van der Waals surface area contributed by atoms with Crippen LogP contribution in [0.2, 0.25) is 0 Å². The minimum atomic E-state index is -1.11. The molecule has 0 heterocycles. The van der Waals surface area contributed by atoms with Crippen LogP contribution in [0.15, 0.2) is 0 Å². The van der Waals surface area contributed by atoms with E-state index in [0.29, 0.717) is 51.7 Å². The number of hydrogen-bond donors (Lipinski definition) is 0. The lowest BCUT2D eigenvalue weighted by atomic mass is 10.2. The maximum Gasteiger partial charge on any atom is 0.347 e. The number of carbonyl (C=O) groups is 6. The molecule has 0 aliphatic carbocycles. The minimum absolute atomic E-state index is 0.100. The normalized spacial score (nSPS) is 12.0. The van der Waals surface area contributed by atoms with Crippen molar-refractivity contribution in [3.63, 3.8) is 0 Å². The molecule has 0 aromatic carbocycles. The molecular weight excluding hydrogens is 572 g/mol. The highest BCUT2D eigenvalue weighted by molar-refractivity contribution is 5.80. The highest BCUT2D eigenvalue weighted by atomic mass is 16.6. The van der Waals surface area contributed by atoms with Gasteiger partial charge in [0.05, 0.1) is 26.4 Å². The summed E-state index contributed by atoms with van der Waals surface area (Å²) >= 11 is 0. The molecule has 14 nitrogen and oxygen atoms in total.